The van der Waals surface area contributed by atoms with Crippen molar-refractivity contribution in [2.75, 3.05) is 13.6 Å². The molecule has 23 heavy (non-hydrogen) atoms. The highest BCUT2D eigenvalue weighted by Crippen LogP contribution is 2.32. The average molecular weight is 317 g/mol. The highest BCUT2D eigenvalue weighted by Gasteiger charge is 2.30. The first-order chi connectivity index (χ1) is 11.0. The van der Waals surface area contributed by atoms with Gasteiger partial charge in [-0.2, -0.15) is 0 Å². The average Bonchev–Trinajstić information content (AvgIpc) is 3.28. The number of hydrogen-bond acceptors (Lipinski definition) is 6. The predicted octanol–water partition coefficient (Wildman–Crippen LogP) is 2.45. The molecule has 7 nitrogen and oxygen atoms in total. The summed E-state index contributed by atoms with van der Waals surface area (Å²) in [6.07, 6.45) is 3.53. The van der Waals surface area contributed by atoms with E-state index in [0.717, 1.165) is 18.5 Å². The molecule has 122 valence electrons. The van der Waals surface area contributed by atoms with Gasteiger partial charge in [0.05, 0.1) is 16.7 Å². The Bertz CT molecular complexity index is 679. The number of nitro benzene ring substituents is 1. The minimum absolute atomic E-state index is 0.0364. The molecular formula is C16H19N3O4. The van der Waals surface area contributed by atoms with Gasteiger partial charge in [-0.1, -0.05) is 0 Å². The number of benzene rings is 1. The fraction of sp³-hybridized carbons (Fsp3) is 0.438. The summed E-state index contributed by atoms with van der Waals surface area (Å²) < 4.78 is 5.45. The molecule has 1 saturated carbocycles. The first-order valence-electron chi connectivity index (χ1n) is 7.59. The normalized spacial score (nSPS) is 15.8. The molecule has 1 aliphatic carbocycles. The molecule has 7 heteroatoms. The van der Waals surface area contributed by atoms with E-state index in [1.165, 1.54) is 12.1 Å². The molecular weight excluding hydrogens is 298 g/mol. The van der Waals surface area contributed by atoms with E-state index in [-0.39, 0.29) is 11.8 Å². The minimum Gasteiger partial charge on any atom is -0.444 e. The Morgan fingerprint density at radius 2 is 2.13 bits per heavy atom. The number of aromatic nitrogens is 1. The summed E-state index contributed by atoms with van der Waals surface area (Å²) in [6.45, 7) is 1.20. The van der Waals surface area contributed by atoms with E-state index < -0.39 is 4.92 Å². The molecule has 1 atom stereocenters. The number of non-ortho nitro benzene ring substituents is 1. The topological polar surface area (TPSA) is 92.6 Å². The molecule has 0 radical (unpaired) electrons. The van der Waals surface area contributed by atoms with E-state index in [9.17, 15) is 15.2 Å². The van der Waals surface area contributed by atoms with Crippen LogP contribution in [0.15, 0.2) is 34.9 Å². The molecule has 3 rings (SSSR count). The zero-order valence-electron chi connectivity index (χ0n) is 12.9. The van der Waals surface area contributed by atoms with Gasteiger partial charge in [0.15, 0.2) is 0 Å². The maximum absolute atomic E-state index is 10.7. The van der Waals surface area contributed by atoms with E-state index >= 15 is 0 Å². The van der Waals surface area contributed by atoms with Crippen molar-refractivity contribution in [3.8, 4) is 11.5 Å². The number of aliphatic hydroxyl groups is 1. The van der Waals surface area contributed by atoms with Crippen molar-refractivity contribution in [3.63, 3.8) is 0 Å². The van der Waals surface area contributed by atoms with Gasteiger partial charge in [0.2, 0.25) is 5.89 Å². The summed E-state index contributed by atoms with van der Waals surface area (Å²) in [5, 5.41) is 20.6. The lowest BCUT2D eigenvalue weighted by Gasteiger charge is -2.18. The van der Waals surface area contributed by atoms with Crippen molar-refractivity contribution >= 4 is 5.69 Å². The second kappa shape index (κ2) is 6.47. The largest absolute Gasteiger partial charge is 0.444 e. The highest BCUT2D eigenvalue weighted by atomic mass is 16.6. The van der Waals surface area contributed by atoms with Crippen molar-refractivity contribution in [2.45, 2.75) is 25.5 Å². The van der Waals surface area contributed by atoms with Crippen LogP contribution in [0.1, 0.15) is 18.5 Å². The van der Waals surface area contributed by atoms with Crippen LogP contribution in [-0.4, -0.2) is 39.6 Å². The van der Waals surface area contributed by atoms with E-state index in [1.807, 2.05) is 11.9 Å². The lowest BCUT2D eigenvalue weighted by molar-refractivity contribution is -0.384. The number of nitro groups is 1. The first-order valence-corrected chi connectivity index (χ1v) is 7.59. The van der Waals surface area contributed by atoms with Crippen LogP contribution in [0.2, 0.25) is 0 Å². The molecule has 1 aromatic carbocycles. The highest BCUT2D eigenvalue weighted by molar-refractivity contribution is 5.55. The van der Waals surface area contributed by atoms with Crippen molar-refractivity contribution in [2.24, 2.45) is 5.92 Å². The molecule has 1 N–H and O–H groups in total. The Balaban J connectivity index is 1.61. The van der Waals surface area contributed by atoms with Crippen LogP contribution in [0.3, 0.4) is 0 Å². The van der Waals surface area contributed by atoms with Crippen molar-refractivity contribution in [3.05, 3.63) is 46.3 Å². The number of rotatable bonds is 7. The number of nitrogens with zero attached hydrogens (tertiary/aromatic N) is 3. The molecule has 1 aromatic heterocycles. The van der Waals surface area contributed by atoms with Crippen LogP contribution in [-0.2, 0) is 6.54 Å². The maximum Gasteiger partial charge on any atom is 0.269 e. The van der Waals surface area contributed by atoms with Crippen molar-refractivity contribution in [1.29, 1.82) is 0 Å². The standard InChI is InChI=1S/C16H19N3O4/c1-18(9-15(20)11-2-3-11)8-13-10-23-16(17-13)12-4-6-14(7-5-12)19(21)22/h4-7,10-11,15,20H,2-3,8-9H2,1H3. The Hall–Kier alpha value is -2.25. The lowest BCUT2D eigenvalue weighted by Crippen LogP contribution is -2.30. The van der Waals surface area contributed by atoms with Gasteiger partial charge in [0, 0.05) is 30.8 Å². The number of hydrogen-bond donors (Lipinski definition) is 1. The summed E-state index contributed by atoms with van der Waals surface area (Å²) >= 11 is 0. The zero-order valence-corrected chi connectivity index (χ0v) is 12.9. The second-order valence-corrected chi connectivity index (χ2v) is 6.05. The van der Waals surface area contributed by atoms with E-state index in [4.69, 9.17) is 4.42 Å². The summed E-state index contributed by atoms with van der Waals surface area (Å²) in [6, 6.07) is 6.09. The first kappa shape index (κ1) is 15.6. The zero-order chi connectivity index (χ0) is 16.4. The third-order valence-corrected chi connectivity index (χ3v) is 3.97. The maximum atomic E-state index is 10.7. The molecule has 0 bridgehead atoms. The van der Waals surface area contributed by atoms with E-state index in [1.54, 1.807) is 18.4 Å². The Morgan fingerprint density at radius 1 is 1.43 bits per heavy atom. The molecule has 1 aliphatic rings. The van der Waals surface area contributed by atoms with Crippen LogP contribution in [0.5, 0.6) is 0 Å². The summed E-state index contributed by atoms with van der Waals surface area (Å²) in [7, 11) is 1.94. The molecule has 2 aromatic rings. The van der Waals surface area contributed by atoms with Gasteiger partial charge in [-0.15, -0.1) is 0 Å². The predicted molar refractivity (Wildman–Crippen MR) is 83.7 cm³/mol. The van der Waals surface area contributed by atoms with Gasteiger partial charge in [-0.25, -0.2) is 4.98 Å². The van der Waals surface area contributed by atoms with Gasteiger partial charge < -0.3 is 9.52 Å². The van der Waals surface area contributed by atoms with Crippen LogP contribution in [0.25, 0.3) is 11.5 Å². The quantitative estimate of drug-likeness (QED) is 0.623. The van der Waals surface area contributed by atoms with Gasteiger partial charge in [-0.05, 0) is 37.9 Å². The van der Waals surface area contributed by atoms with Crippen LogP contribution >= 0.6 is 0 Å². The van der Waals surface area contributed by atoms with Gasteiger partial charge in [0.25, 0.3) is 5.69 Å². The monoisotopic (exact) mass is 317 g/mol. The van der Waals surface area contributed by atoms with Crippen LogP contribution in [0.4, 0.5) is 5.69 Å². The van der Waals surface area contributed by atoms with Crippen LogP contribution < -0.4 is 0 Å². The van der Waals surface area contributed by atoms with Gasteiger partial charge in [0.1, 0.15) is 6.26 Å². The molecule has 1 unspecified atom stereocenters. The van der Waals surface area contributed by atoms with Crippen LogP contribution in [0, 0.1) is 16.0 Å². The molecule has 0 amide bonds. The van der Waals surface area contributed by atoms with Crippen molar-refractivity contribution in [1.82, 2.24) is 9.88 Å². The molecule has 0 aliphatic heterocycles. The smallest absolute Gasteiger partial charge is 0.269 e. The Kier molecular flexibility index (Phi) is 4.40. The summed E-state index contributed by atoms with van der Waals surface area (Å²) in [5.41, 5.74) is 1.50. The Morgan fingerprint density at radius 3 is 2.74 bits per heavy atom. The minimum atomic E-state index is -0.440. The third kappa shape index (κ3) is 3.94. The summed E-state index contributed by atoms with van der Waals surface area (Å²) in [4.78, 5) is 16.6. The molecule has 0 spiro atoms. The fourth-order valence-electron chi connectivity index (χ4n) is 2.53. The van der Waals surface area contributed by atoms with Gasteiger partial charge >= 0.3 is 0 Å². The Labute approximate surface area is 133 Å². The SMILES string of the molecule is CN(Cc1coc(-c2ccc([N+](=O)[O-])cc2)n1)CC(O)C1CC1. The number of oxazole rings is 1. The molecule has 0 saturated heterocycles. The van der Waals surface area contributed by atoms with Crippen molar-refractivity contribution < 1.29 is 14.4 Å². The number of likely N-dealkylation sites (N-methyl/N-ethyl adjacent to an activating group) is 1. The summed E-state index contributed by atoms with van der Waals surface area (Å²) in [5.74, 6) is 0.886. The molecule has 1 heterocycles. The third-order valence-electron chi connectivity index (χ3n) is 3.97. The van der Waals surface area contributed by atoms with E-state index in [2.05, 4.69) is 4.98 Å². The van der Waals surface area contributed by atoms with Gasteiger partial charge in [-0.3, -0.25) is 15.0 Å². The fourth-order valence-corrected chi connectivity index (χ4v) is 2.53. The molecule has 1 fully saturated rings. The number of aliphatic hydroxyl groups excluding tert-OH is 1. The van der Waals surface area contributed by atoms with E-state index in [0.29, 0.717) is 30.5 Å². The lowest BCUT2D eigenvalue weighted by atomic mass is 10.2. The second-order valence-electron chi connectivity index (χ2n) is 6.05.